The van der Waals surface area contributed by atoms with Crippen LogP contribution in [0.25, 0.3) is 5.82 Å². The van der Waals surface area contributed by atoms with Gasteiger partial charge >= 0.3 is 0 Å². The first-order valence-electron chi connectivity index (χ1n) is 5.47. The summed E-state index contributed by atoms with van der Waals surface area (Å²) in [6.45, 7) is 0.879. The van der Waals surface area contributed by atoms with Crippen LogP contribution in [0.15, 0.2) is 24.5 Å². The molecule has 0 unspecified atom stereocenters. The molecule has 2 heterocycles. The van der Waals surface area contributed by atoms with E-state index in [-0.39, 0.29) is 0 Å². The monoisotopic (exact) mass is 261 g/mol. The van der Waals surface area contributed by atoms with Crippen molar-refractivity contribution in [1.82, 2.24) is 25.3 Å². The Morgan fingerprint density at radius 1 is 1.39 bits per heavy atom. The maximum Gasteiger partial charge on any atom is 0.175 e. The fraction of sp³-hybridized carbons (Fsp3) is 0.250. The molecular formula is C12H12ClN5. The first-order valence-corrected chi connectivity index (χ1v) is 5.85. The number of aromatic nitrogens is 4. The van der Waals surface area contributed by atoms with E-state index in [1.54, 1.807) is 23.0 Å². The molecule has 0 radical (unpaired) electrons. The lowest BCUT2D eigenvalue weighted by atomic mass is 10.3. The minimum Gasteiger partial charge on any atom is -0.319 e. The Kier molecular flexibility index (Phi) is 4.29. The van der Waals surface area contributed by atoms with Crippen molar-refractivity contribution in [1.29, 1.82) is 0 Å². The number of nitrogens with zero attached hydrogens (tertiary/aromatic N) is 4. The molecule has 92 valence electrons. The van der Waals surface area contributed by atoms with Gasteiger partial charge in [0.05, 0.1) is 11.8 Å². The lowest BCUT2D eigenvalue weighted by Gasteiger charge is -1.96. The average molecular weight is 262 g/mol. The molecule has 1 N–H and O–H groups in total. The van der Waals surface area contributed by atoms with E-state index in [2.05, 4.69) is 32.5 Å². The van der Waals surface area contributed by atoms with Crippen molar-refractivity contribution in [2.45, 2.75) is 6.42 Å². The number of nitrogens with one attached hydrogen (secondary N) is 1. The first-order chi connectivity index (χ1) is 8.79. The third-order valence-electron chi connectivity index (χ3n) is 2.17. The fourth-order valence-corrected chi connectivity index (χ4v) is 1.40. The molecule has 0 saturated carbocycles. The number of hydrogen-bond donors (Lipinski definition) is 1. The van der Waals surface area contributed by atoms with Crippen LogP contribution in [-0.2, 0) is 0 Å². The van der Waals surface area contributed by atoms with Gasteiger partial charge in [-0.3, -0.25) is 0 Å². The zero-order valence-electron chi connectivity index (χ0n) is 9.89. The summed E-state index contributed by atoms with van der Waals surface area (Å²) in [7, 11) is 1.90. The van der Waals surface area contributed by atoms with Gasteiger partial charge in [-0.25, -0.2) is 4.68 Å². The number of rotatable bonds is 3. The van der Waals surface area contributed by atoms with E-state index in [1.165, 1.54) is 0 Å². The van der Waals surface area contributed by atoms with Crippen molar-refractivity contribution in [3.63, 3.8) is 0 Å². The van der Waals surface area contributed by atoms with Crippen LogP contribution in [0.2, 0.25) is 5.15 Å². The molecule has 2 aromatic rings. The molecule has 5 nitrogen and oxygen atoms in total. The first kappa shape index (κ1) is 12.6. The fourth-order valence-electron chi connectivity index (χ4n) is 1.30. The van der Waals surface area contributed by atoms with Gasteiger partial charge in [0.25, 0.3) is 0 Å². The Bertz CT molecular complexity index is 564. The lowest BCUT2D eigenvalue weighted by molar-refractivity contribution is 0.814. The smallest absolute Gasteiger partial charge is 0.175 e. The van der Waals surface area contributed by atoms with Gasteiger partial charge in [0.2, 0.25) is 0 Å². The third kappa shape index (κ3) is 3.29. The van der Waals surface area contributed by atoms with Crippen LogP contribution >= 0.6 is 11.6 Å². The number of halogens is 1. The normalized spacial score (nSPS) is 9.89. The Balaban J connectivity index is 2.09. The summed E-state index contributed by atoms with van der Waals surface area (Å²) >= 11 is 5.67. The summed E-state index contributed by atoms with van der Waals surface area (Å²) in [5.74, 6) is 6.70. The zero-order valence-corrected chi connectivity index (χ0v) is 10.6. The van der Waals surface area contributed by atoms with Crippen LogP contribution in [-0.4, -0.2) is 33.6 Å². The quantitative estimate of drug-likeness (QED) is 0.668. The van der Waals surface area contributed by atoms with E-state index >= 15 is 0 Å². The van der Waals surface area contributed by atoms with Gasteiger partial charge < -0.3 is 5.32 Å². The molecular weight excluding hydrogens is 250 g/mol. The molecule has 0 amide bonds. The second-order valence-corrected chi connectivity index (χ2v) is 3.93. The Hall–Kier alpha value is -1.90. The molecule has 0 spiro atoms. The van der Waals surface area contributed by atoms with E-state index in [4.69, 9.17) is 11.6 Å². The lowest BCUT2D eigenvalue weighted by Crippen LogP contribution is -2.05. The molecule has 0 aliphatic carbocycles. The Morgan fingerprint density at radius 2 is 2.28 bits per heavy atom. The minimum atomic E-state index is 0.359. The maximum absolute atomic E-state index is 5.67. The summed E-state index contributed by atoms with van der Waals surface area (Å²) < 4.78 is 1.62. The van der Waals surface area contributed by atoms with E-state index in [0.717, 1.165) is 18.5 Å². The summed E-state index contributed by atoms with van der Waals surface area (Å²) in [4.78, 5) is 0. The van der Waals surface area contributed by atoms with Crippen LogP contribution in [0.1, 0.15) is 12.0 Å². The van der Waals surface area contributed by atoms with Crippen LogP contribution in [0.3, 0.4) is 0 Å². The average Bonchev–Trinajstić information content (AvgIpc) is 2.84. The van der Waals surface area contributed by atoms with E-state index < -0.39 is 0 Å². The van der Waals surface area contributed by atoms with Crippen molar-refractivity contribution in [2.75, 3.05) is 13.6 Å². The highest BCUT2D eigenvalue weighted by molar-refractivity contribution is 6.29. The Morgan fingerprint density at radius 3 is 3.00 bits per heavy atom. The molecule has 0 aliphatic heterocycles. The van der Waals surface area contributed by atoms with E-state index in [9.17, 15) is 0 Å². The Labute approximate surface area is 110 Å². The van der Waals surface area contributed by atoms with Crippen molar-refractivity contribution in [3.8, 4) is 17.7 Å². The van der Waals surface area contributed by atoms with Crippen molar-refractivity contribution >= 4 is 11.6 Å². The van der Waals surface area contributed by atoms with Crippen LogP contribution in [0.5, 0.6) is 0 Å². The highest BCUT2D eigenvalue weighted by Crippen LogP contribution is 2.07. The summed E-state index contributed by atoms with van der Waals surface area (Å²) in [6, 6.07) is 3.42. The predicted octanol–water partition coefficient (Wildman–Crippen LogP) is 1.28. The summed E-state index contributed by atoms with van der Waals surface area (Å²) in [5.41, 5.74) is 0.850. The highest BCUT2D eigenvalue weighted by Gasteiger charge is 2.00. The predicted molar refractivity (Wildman–Crippen MR) is 69.6 cm³/mol. The summed E-state index contributed by atoms with van der Waals surface area (Å²) in [5, 5.41) is 15.3. The van der Waals surface area contributed by atoms with Crippen LogP contribution in [0.4, 0.5) is 0 Å². The van der Waals surface area contributed by atoms with Crippen LogP contribution < -0.4 is 5.32 Å². The topological polar surface area (TPSA) is 55.6 Å². The van der Waals surface area contributed by atoms with Crippen molar-refractivity contribution in [3.05, 3.63) is 35.2 Å². The van der Waals surface area contributed by atoms with Gasteiger partial charge in [-0.2, -0.15) is 5.10 Å². The standard InChI is InChI=1S/C12H12ClN5/c1-14-7-3-2-4-10-8-15-18(9-10)12-6-5-11(13)16-17-12/h5-6,8-9,14H,3,7H2,1H3. The largest absolute Gasteiger partial charge is 0.319 e. The second-order valence-electron chi connectivity index (χ2n) is 3.54. The molecule has 0 fully saturated rings. The van der Waals surface area contributed by atoms with Crippen molar-refractivity contribution < 1.29 is 0 Å². The SMILES string of the molecule is CNCCC#Cc1cnn(-c2ccc(Cl)nn2)c1. The maximum atomic E-state index is 5.67. The van der Waals surface area contributed by atoms with Gasteiger partial charge in [0, 0.05) is 19.2 Å². The highest BCUT2D eigenvalue weighted by atomic mass is 35.5. The third-order valence-corrected chi connectivity index (χ3v) is 2.37. The van der Waals surface area contributed by atoms with Gasteiger partial charge in [-0.15, -0.1) is 10.2 Å². The van der Waals surface area contributed by atoms with Crippen molar-refractivity contribution in [2.24, 2.45) is 0 Å². The molecule has 0 atom stereocenters. The van der Waals surface area contributed by atoms with Gasteiger partial charge in [0.1, 0.15) is 0 Å². The molecule has 6 heteroatoms. The van der Waals surface area contributed by atoms with E-state index in [0.29, 0.717) is 11.0 Å². The molecule has 0 bridgehead atoms. The molecule has 2 rings (SSSR count). The molecule has 18 heavy (non-hydrogen) atoms. The zero-order chi connectivity index (χ0) is 12.8. The molecule has 0 aromatic carbocycles. The number of hydrogen-bond acceptors (Lipinski definition) is 4. The van der Waals surface area contributed by atoms with E-state index in [1.807, 2.05) is 13.2 Å². The van der Waals surface area contributed by atoms with Gasteiger partial charge in [0.15, 0.2) is 11.0 Å². The molecule has 0 saturated heterocycles. The second kappa shape index (κ2) is 6.15. The molecule has 0 aliphatic rings. The molecule has 2 aromatic heterocycles. The van der Waals surface area contributed by atoms with Gasteiger partial charge in [-0.05, 0) is 19.2 Å². The van der Waals surface area contributed by atoms with Gasteiger partial charge in [-0.1, -0.05) is 23.4 Å². The minimum absolute atomic E-state index is 0.359. The summed E-state index contributed by atoms with van der Waals surface area (Å²) in [6.07, 6.45) is 4.31. The van der Waals surface area contributed by atoms with Crippen LogP contribution in [0, 0.1) is 11.8 Å².